The molecule has 3 aromatic heterocycles. The molecule has 4 heterocycles. The Hall–Kier alpha value is -3.68. The van der Waals surface area contributed by atoms with Crippen LogP contribution in [0.3, 0.4) is 0 Å². The van der Waals surface area contributed by atoms with E-state index in [1.165, 1.54) is 0 Å². The van der Waals surface area contributed by atoms with Gasteiger partial charge in [0.05, 0.1) is 11.9 Å². The van der Waals surface area contributed by atoms with Gasteiger partial charge in [0.25, 0.3) is 5.91 Å². The van der Waals surface area contributed by atoms with Crippen LogP contribution in [0.5, 0.6) is 0 Å². The van der Waals surface area contributed by atoms with Crippen LogP contribution in [0.25, 0.3) is 17.0 Å². The van der Waals surface area contributed by atoms with E-state index in [-0.39, 0.29) is 11.7 Å². The molecule has 1 aliphatic heterocycles. The molecule has 1 fully saturated rings. The molecule has 0 unspecified atom stereocenters. The predicted molar refractivity (Wildman–Crippen MR) is 129 cm³/mol. The van der Waals surface area contributed by atoms with Crippen molar-refractivity contribution in [1.29, 1.82) is 0 Å². The standard InChI is InChI=1S/C27H27N3O4/c31-26(29-19-20-4-1-11-28-18-20)25-17-21-16-22(7-8-24(21)34-25)27(32)9-13-30(14-10-27)12-2-5-23-6-3-15-33-23/h1-8,11,15-18,32H,9-10,12-14,19H2,(H,29,31). The highest BCUT2D eigenvalue weighted by atomic mass is 16.3. The van der Waals surface area contributed by atoms with Crippen molar-refractivity contribution < 1.29 is 18.7 Å². The Kier molecular flexibility index (Phi) is 6.29. The summed E-state index contributed by atoms with van der Waals surface area (Å²) in [4.78, 5) is 18.9. The molecule has 0 spiro atoms. The maximum Gasteiger partial charge on any atom is 0.287 e. The highest BCUT2D eigenvalue weighted by Crippen LogP contribution is 2.35. The van der Waals surface area contributed by atoms with E-state index in [1.807, 2.05) is 48.5 Å². The number of furan rings is 2. The first kappa shape index (κ1) is 22.1. The quantitative estimate of drug-likeness (QED) is 0.429. The van der Waals surface area contributed by atoms with E-state index in [0.29, 0.717) is 25.0 Å². The van der Waals surface area contributed by atoms with Gasteiger partial charge in [0, 0.05) is 44.0 Å². The van der Waals surface area contributed by atoms with Gasteiger partial charge in [-0.05, 0) is 66.4 Å². The van der Waals surface area contributed by atoms with Gasteiger partial charge in [0.1, 0.15) is 11.3 Å². The molecule has 0 aliphatic carbocycles. The monoisotopic (exact) mass is 457 g/mol. The molecule has 2 N–H and O–H groups in total. The minimum Gasteiger partial charge on any atom is -0.465 e. The molecule has 1 aromatic carbocycles. The van der Waals surface area contributed by atoms with E-state index >= 15 is 0 Å². The average molecular weight is 458 g/mol. The SMILES string of the molecule is O=C(NCc1cccnc1)c1cc2cc(C3(O)CCN(CC=Cc4ccco4)CC3)ccc2o1. The topological polar surface area (TPSA) is 91.7 Å². The normalized spacial score (nSPS) is 16.3. The number of aromatic nitrogens is 1. The van der Waals surface area contributed by atoms with E-state index in [4.69, 9.17) is 8.83 Å². The Bertz CT molecular complexity index is 1270. The van der Waals surface area contributed by atoms with Crippen LogP contribution in [0.15, 0.2) is 82.1 Å². The molecule has 4 aromatic rings. The Morgan fingerprint density at radius 2 is 2.06 bits per heavy atom. The summed E-state index contributed by atoms with van der Waals surface area (Å²) in [5.41, 5.74) is 1.50. The average Bonchev–Trinajstić information content (AvgIpc) is 3.54. The highest BCUT2D eigenvalue weighted by Gasteiger charge is 2.34. The second kappa shape index (κ2) is 9.67. The number of rotatable bonds is 7. The van der Waals surface area contributed by atoms with Crippen LogP contribution in [-0.2, 0) is 12.1 Å². The summed E-state index contributed by atoms with van der Waals surface area (Å²) in [6, 6.07) is 14.9. The van der Waals surface area contributed by atoms with E-state index < -0.39 is 5.60 Å². The molecule has 0 bridgehead atoms. The fourth-order valence-corrected chi connectivity index (χ4v) is 4.32. The van der Waals surface area contributed by atoms with Crippen LogP contribution in [0.4, 0.5) is 0 Å². The first-order chi connectivity index (χ1) is 16.6. The van der Waals surface area contributed by atoms with Gasteiger partial charge in [-0.25, -0.2) is 0 Å². The number of carbonyl (C=O) groups is 1. The zero-order chi connectivity index (χ0) is 23.4. The number of likely N-dealkylation sites (tertiary alicyclic amines) is 1. The predicted octanol–water partition coefficient (Wildman–Crippen LogP) is 4.35. The van der Waals surface area contributed by atoms with Crippen molar-refractivity contribution in [3.05, 3.63) is 95.9 Å². The third kappa shape index (κ3) is 4.95. The third-order valence-electron chi connectivity index (χ3n) is 6.33. The molecule has 5 rings (SSSR count). The molecule has 1 amide bonds. The van der Waals surface area contributed by atoms with E-state index in [1.54, 1.807) is 24.7 Å². The number of nitrogens with zero attached hydrogens (tertiary/aromatic N) is 2. The van der Waals surface area contributed by atoms with E-state index in [2.05, 4.69) is 21.3 Å². The number of pyridine rings is 1. The zero-order valence-electron chi connectivity index (χ0n) is 18.8. The van der Waals surface area contributed by atoms with Crippen LogP contribution in [0.2, 0.25) is 0 Å². The Morgan fingerprint density at radius 1 is 1.18 bits per heavy atom. The van der Waals surface area contributed by atoms with Gasteiger partial charge < -0.3 is 19.3 Å². The summed E-state index contributed by atoms with van der Waals surface area (Å²) in [7, 11) is 0. The lowest BCUT2D eigenvalue weighted by molar-refractivity contribution is -0.0232. The second-order valence-electron chi connectivity index (χ2n) is 8.66. The first-order valence-electron chi connectivity index (χ1n) is 11.5. The molecule has 1 aliphatic rings. The summed E-state index contributed by atoms with van der Waals surface area (Å²) < 4.78 is 11.1. The number of aliphatic hydroxyl groups is 1. The molecular weight excluding hydrogens is 430 g/mol. The van der Waals surface area contributed by atoms with Crippen molar-refractivity contribution in [3.8, 4) is 0 Å². The van der Waals surface area contributed by atoms with Gasteiger partial charge in [-0.2, -0.15) is 0 Å². The highest BCUT2D eigenvalue weighted by molar-refractivity contribution is 5.96. The van der Waals surface area contributed by atoms with Crippen molar-refractivity contribution in [3.63, 3.8) is 0 Å². The van der Waals surface area contributed by atoms with Gasteiger partial charge in [-0.15, -0.1) is 0 Å². The van der Waals surface area contributed by atoms with Gasteiger partial charge in [-0.1, -0.05) is 18.2 Å². The number of carbonyl (C=O) groups excluding carboxylic acids is 1. The molecule has 0 atom stereocenters. The van der Waals surface area contributed by atoms with E-state index in [9.17, 15) is 9.90 Å². The molecule has 1 saturated heterocycles. The van der Waals surface area contributed by atoms with Crippen LogP contribution >= 0.6 is 0 Å². The number of hydrogen-bond acceptors (Lipinski definition) is 6. The lowest BCUT2D eigenvalue weighted by Gasteiger charge is -2.38. The number of benzene rings is 1. The molecule has 34 heavy (non-hydrogen) atoms. The Labute approximate surface area is 197 Å². The molecular formula is C27H27N3O4. The van der Waals surface area contributed by atoms with Crippen LogP contribution < -0.4 is 5.32 Å². The minimum atomic E-state index is -0.893. The zero-order valence-corrected chi connectivity index (χ0v) is 18.8. The first-order valence-corrected chi connectivity index (χ1v) is 11.5. The molecule has 174 valence electrons. The van der Waals surface area contributed by atoms with Crippen LogP contribution in [0.1, 0.15) is 40.3 Å². The fourth-order valence-electron chi connectivity index (χ4n) is 4.32. The number of nitrogens with one attached hydrogen (secondary N) is 1. The summed E-state index contributed by atoms with van der Waals surface area (Å²) in [5, 5.41) is 15.0. The van der Waals surface area contributed by atoms with Gasteiger partial charge >= 0.3 is 0 Å². The molecule has 0 radical (unpaired) electrons. The summed E-state index contributed by atoms with van der Waals surface area (Å²) in [6.45, 7) is 2.78. The number of amides is 1. The van der Waals surface area contributed by atoms with Crippen molar-refractivity contribution in [1.82, 2.24) is 15.2 Å². The lowest BCUT2D eigenvalue weighted by Crippen LogP contribution is -2.42. The van der Waals surface area contributed by atoms with Gasteiger partial charge in [0.15, 0.2) is 5.76 Å². The maximum absolute atomic E-state index is 12.5. The van der Waals surface area contributed by atoms with Gasteiger partial charge in [-0.3, -0.25) is 14.7 Å². The van der Waals surface area contributed by atoms with Crippen molar-refractivity contribution in [2.75, 3.05) is 19.6 Å². The summed E-state index contributed by atoms with van der Waals surface area (Å²) >= 11 is 0. The van der Waals surface area contributed by atoms with Gasteiger partial charge in [0.2, 0.25) is 0 Å². The van der Waals surface area contributed by atoms with Crippen molar-refractivity contribution in [2.45, 2.75) is 25.0 Å². The van der Waals surface area contributed by atoms with Crippen molar-refractivity contribution >= 4 is 23.0 Å². The molecule has 7 heteroatoms. The maximum atomic E-state index is 12.5. The summed E-state index contributed by atoms with van der Waals surface area (Å²) in [5.74, 6) is 0.810. The minimum absolute atomic E-state index is 0.251. The number of hydrogen-bond donors (Lipinski definition) is 2. The number of piperidine rings is 1. The molecule has 0 saturated carbocycles. The Balaban J connectivity index is 1.21. The molecule has 7 nitrogen and oxygen atoms in total. The largest absolute Gasteiger partial charge is 0.465 e. The van der Waals surface area contributed by atoms with Crippen LogP contribution in [0, 0.1) is 0 Å². The second-order valence-corrected chi connectivity index (χ2v) is 8.66. The third-order valence-corrected chi connectivity index (χ3v) is 6.33. The Morgan fingerprint density at radius 3 is 2.82 bits per heavy atom. The van der Waals surface area contributed by atoms with Crippen molar-refractivity contribution in [2.24, 2.45) is 0 Å². The number of fused-ring (bicyclic) bond motifs is 1. The smallest absolute Gasteiger partial charge is 0.287 e. The van der Waals surface area contributed by atoms with Crippen LogP contribution in [-0.4, -0.2) is 40.5 Å². The van der Waals surface area contributed by atoms with E-state index in [0.717, 1.165) is 41.9 Å². The lowest BCUT2D eigenvalue weighted by atomic mass is 9.84. The fraction of sp³-hybridized carbons (Fsp3) is 0.259. The summed E-state index contributed by atoms with van der Waals surface area (Å²) in [6.07, 6.45) is 10.4.